The Hall–Kier alpha value is -2.41. The molecule has 1 aliphatic rings. The van der Waals surface area contributed by atoms with Gasteiger partial charge in [0.05, 0.1) is 0 Å². The number of aryl methyl sites for hydroxylation is 1. The molecule has 1 aromatic heterocycles. The van der Waals surface area contributed by atoms with Gasteiger partial charge in [0, 0.05) is 50.7 Å². The zero-order chi connectivity index (χ0) is 20.3. The summed E-state index contributed by atoms with van der Waals surface area (Å²) >= 11 is 0. The van der Waals surface area contributed by atoms with Crippen LogP contribution in [0, 0.1) is 11.7 Å². The first kappa shape index (κ1) is 21.3. The number of benzene rings is 1. The summed E-state index contributed by atoms with van der Waals surface area (Å²) in [6.07, 6.45) is 7.01. The molecule has 0 radical (unpaired) electrons. The van der Waals surface area contributed by atoms with Crippen molar-refractivity contribution in [2.45, 2.75) is 39.3 Å². The third kappa shape index (κ3) is 7.16. The number of aromatic nitrogens is 2. The van der Waals surface area contributed by atoms with Crippen molar-refractivity contribution in [3.05, 3.63) is 54.1 Å². The van der Waals surface area contributed by atoms with Crippen LogP contribution < -0.4 is 10.6 Å². The molecule has 0 atom stereocenters. The van der Waals surface area contributed by atoms with Gasteiger partial charge in [-0.15, -0.1) is 0 Å². The molecule has 3 rings (SSSR count). The van der Waals surface area contributed by atoms with Gasteiger partial charge in [0.2, 0.25) is 0 Å². The van der Waals surface area contributed by atoms with Gasteiger partial charge in [0.25, 0.3) is 0 Å². The molecule has 0 unspecified atom stereocenters. The van der Waals surface area contributed by atoms with Crippen molar-refractivity contribution >= 4 is 5.96 Å². The van der Waals surface area contributed by atoms with Gasteiger partial charge >= 0.3 is 0 Å². The Morgan fingerprint density at radius 2 is 2.03 bits per heavy atom. The molecule has 0 bridgehead atoms. The highest BCUT2D eigenvalue weighted by atomic mass is 19.1. The fourth-order valence-corrected chi connectivity index (χ4v) is 3.64. The molecule has 0 saturated carbocycles. The Bertz CT molecular complexity index is 738. The molecule has 158 valence electrons. The van der Waals surface area contributed by atoms with Crippen LogP contribution in [0.2, 0.25) is 0 Å². The van der Waals surface area contributed by atoms with Crippen LogP contribution in [-0.2, 0) is 13.1 Å². The SMILES string of the molecule is CCNC(=NCC1CCN(Cc2ccccc2F)CC1)NCCCn1cccn1. The first-order chi connectivity index (χ1) is 14.2. The second-order valence-electron chi connectivity index (χ2n) is 7.58. The molecule has 0 amide bonds. The molecule has 29 heavy (non-hydrogen) atoms. The monoisotopic (exact) mass is 400 g/mol. The van der Waals surface area contributed by atoms with Gasteiger partial charge in [-0.05, 0) is 57.3 Å². The quantitative estimate of drug-likeness (QED) is 0.386. The molecule has 1 fully saturated rings. The molecular formula is C22H33FN6. The van der Waals surface area contributed by atoms with Crippen LogP contribution in [0.15, 0.2) is 47.7 Å². The number of halogens is 1. The maximum Gasteiger partial charge on any atom is 0.191 e. The standard InChI is InChI=1S/C22H33FN6/c1-2-24-22(25-11-5-13-29-14-6-12-27-29)26-17-19-9-15-28(16-10-19)18-20-7-3-4-8-21(20)23/h3-4,6-8,12,14,19H,2,5,9-11,13,15-18H2,1H3,(H2,24,25,26). The highest BCUT2D eigenvalue weighted by Gasteiger charge is 2.20. The first-order valence-electron chi connectivity index (χ1n) is 10.7. The Balaban J connectivity index is 1.37. The van der Waals surface area contributed by atoms with E-state index in [9.17, 15) is 4.39 Å². The topological polar surface area (TPSA) is 57.5 Å². The molecule has 1 saturated heterocycles. The van der Waals surface area contributed by atoms with E-state index in [0.29, 0.717) is 12.5 Å². The lowest BCUT2D eigenvalue weighted by Crippen LogP contribution is -2.39. The highest BCUT2D eigenvalue weighted by Crippen LogP contribution is 2.20. The van der Waals surface area contributed by atoms with Gasteiger partial charge in [-0.2, -0.15) is 5.10 Å². The summed E-state index contributed by atoms with van der Waals surface area (Å²) in [5.74, 6) is 1.38. The van der Waals surface area contributed by atoms with E-state index in [1.54, 1.807) is 18.3 Å². The summed E-state index contributed by atoms with van der Waals surface area (Å²) in [4.78, 5) is 7.13. The molecule has 1 aliphatic heterocycles. The zero-order valence-electron chi connectivity index (χ0n) is 17.4. The van der Waals surface area contributed by atoms with Crippen molar-refractivity contribution in [2.24, 2.45) is 10.9 Å². The molecule has 0 spiro atoms. The Morgan fingerprint density at radius 1 is 1.21 bits per heavy atom. The predicted octanol–water partition coefficient (Wildman–Crippen LogP) is 2.88. The summed E-state index contributed by atoms with van der Waals surface area (Å²) in [6.45, 7) is 8.25. The van der Waals surface area contributed by atoms with Crippen LogP contribution in [0.4, 0.5) is 4.39 Å². The lowest BCUT2D eigenvalue weighted by atomic mass is 9.96. The number of nitrogens with zero attached hydrogens (tertiary/aromatic N) is 4. The van der Waals surface area contributed by atoms with Gasteiger partial charge in [-0.25, -0.2) is 4.39 Å². The summed E-state index contributed by atoms with van der Waals surface area (Å²) in [6, 6.07) is 9.02. The minimum Gasteiger partial charge on any atom is -0.357 e. The number of hydrogen-bond donors (Lipinski definition) is 2. The van der Waals surface area contributed by atoms with Crippen molar-refractivity contribution < 1.29 is 4.39 Å². The lowest BCUT2D eigenvalue weighted by Gasteiger charge is -2.31. The molecule has 7 heteroatoms. The van der Waals surface area contributed by atoms with E-state index in [1.807, 2.05) is 29.1 Å². The Labute approximate surface area is 173 Å². The van der Waals surface area contributed by atoms with Crippen LogP contribution in [0.5, 0.6) is 0 Å². The molecule has 2 aromatic rings. The highest BCUT2D eigenvalue weighted by molar-refractivity contribution is 5.79. The van der Waals surface area contributed by atoms with Gasteiger partial charge < -0.3 is 10.6 Å². The smallest absolute Gasteiger partial charge is 0.191 e. The fraction of sp³-hybridized carbons (Fsp3) is 0.545. The van der Waals surface area contributed by atoms with Crippen LogP contribution in [0.25, 0.3) is 0 Å². The molecule has 6 nitrogen and oxygen atoms in total. The van der Waals surface area contributed by atoms with Crippen LogP contribution in [0.1, 0.15) is 31.7 Å². The van der Waals surface area contributed by atoms with Gasteiger partial charge in [-0.3, -0.25) is 14.6 Å². The second-order valence-corrected chi connectivity index (χ2v) is 7.58. The number of aliphatic imine (C=N–C) groups is 1. The lowest BCUT2D eigenvalue weighted by molar-refractivity contribution is 0.179. The van der Waals surface area contributed by atoms with E-state index in [-0.39, 0.29) is 5.82 Å². The van der Waals surface area contributed by atoms with Crippen molar-refractivity contribution in [3.63, 3.8) is 0 Å². The number of piperidine rings is 1. The Kier molecular flexibility index (Phi) is 8.49. The van der Waals surface area contributed by atoms with E-state index < -0.39 is 0 Å². The van der Waals surface area contributed by atoms with E-state index in [0.717, 1.165) is 70.1 Å². The molecule has 2 heterocycles. The predicted molar refractivity (Wildman–Crippen MR) is 115 cm³/mol. The summed E-state index contributed by atoms with van der Waals surface area (Å²) < 4.78 is 15.8. The van der Waals surface area contributed by atoms with Crippen molar-refractivity contribution in [2.75, 3.05) is 32.7 Å². The van der Waals surface area contributed by atoms with Crippen LogP contribution >= 0.6 is 0 Å². The van der Waals surface area contributed by atoms with Crippen LogP contribution in [0.3, 0.4) is 0 Å². The number of nitrogens with one attached hydrogen (secondary N) is 2. The molecular weight excluding hydrogens is 367 g/mol. The molecule has 0 aliphatic carbocycles. The largest absolute Gasteiger partial charge is 0.357 e. The minimum absolute atomic E-state index is 0.104. The third-order valence-corrected chi connectivity index (χ3v) is 5.33. The van der Waals surface area contributed by atoms with Gasteiger partial charge in [0.15, 0.2) is 5.96 Å². The first-order valence-corrected chi connectivity index (χ1v) is 10.7. The average molecular weight is 401 g/mol. The summed E-state index contributed by atoms with van der Waals surface area (Å²) in [5.41, 5.74) is 0.790. The van der Waals surface area contributed by atoms with Crippen LogP contribution in [-0.4, -0.2) is 53.4 Å². The number of rotatable bonds is 9. The van der Waals surface area contributed by atoms with E-state index in [2.05, 4.69) is 27.6 Å². The number of likely N-dealkylation sites (tertiary alicyclic amines) is 1. The third-order valence-electron chi connectivity index (χ3n) is 5.33. The Morgan fingerprint density at radius 3 is 2.76 bits per heavy atom. The fourth-order valence-electron chi connectivity index (χ4n) is 3.64. The van der Waals surface area contributed by atoms with Gasteiger partial charge in [0.1, 0.15) is 5.82 Å². The van der Waals surface area contributed by atoms with Gasteiger partial charge in [-0.1, -0.05) is 18.2 Å². The molecule has 1 aromatic carbocycles. The summed E-state index contributed by atoms with van der Waals surface area (Å²) in [7, 11) is 0. The average Bonchev–Trinajstić information content (AvgIpc) is 3.25. The van der Waals surface area contributed by atoms with E-state index >= 15 is 0 Å². The van der Waals surface area contributed by atoms with Crippen molar-refractivity contribution in [3.8, 4) is 0 Å². The number of hydrogen-bond acceptors (Lipinski definition) is 3. The second kappa shape index (κ2) is 11.6. The van der Waals surface area contributed by atoms with Crippen molar-refractivity contribution in [1.82, 2.24) is 25.3 Å². The minimum atomic E-state index is -0.104. The normalized spacial score (nSPS) is 16.1. The molecule has 2 N–H and O–H groups in total. The summed E-state index contributed by atoms with van der Waals surface area (Å²) in [5, 5.41) is 11.0. The van der Waals surface area contributed by atoms with Crippen molar-refractivity contribution in [1.29, 1.82) is 0 Å². The number of guanidine groups is 1. The van der Waals surface area contributed by atoms with E-state index in [4.69, 9.17) is 4.99 Å². The zero-order valence-corrected chi connectivity index (χ0v) is 17.4. The van der Waals surface area contributed by atoms with E-state index in [1.165, 1.54) is 0 Å². The maximum atomic E-state index is 13.8. The maximum absolute atomic E-state index is 13.8.